The molecule has 0 unspecified atom stereocenters. The van der Waals surface area contributed by atoms with Crippen molar-refractivity contribution in [3.05, 3.63) is 30.6 Å². The molecule has 1 aromatic heterocycles. The molecule has 3 heterocycles. The number of nitrogens with zero attached hydrogens (tertiary/aromatic N) is 4. The van der Waals surface area contributed by atoms with Gasteiger partial charge in [0.15, 0.2) is 6.61 Å². The van der Waals surface area contributed by atoms with Crippen molar-refractivity contribution in [1.82, 2.24) is 19.8 Å². The Hall–Kier alpha value is -2.70. The molecule has 158 valence electrons. The van der Waals surface area contributed by atoms with Gasteiger partial charge in [-0.2, -0.15) is 0 Å². The van der Waals surface area contributed by atoms with Crippen LogP contribution in [0.25, 0.3) is 10.9 Å². The van der Waals surface area contributed by atoms with Crippen LogP contribution < -0.4 is 4.74 Å². The summed E-state index contributed by atoms with van der Waals surface area (Å²) in [4.78, 5) is 38.3. The highest BCUT2D eigenvalue weighted by atomic mass is 16.5. The van der Waals surface area contributed by atoms with Gasteiger partial charge in [0.05, 0.1) is 16.9 Å². The van der Waals surface area contributed by atoms with E-state index in [1.54, 1.807) is 6.92 Å². The Balaban J connectivity index is 1.39. The lowest BCUT2D eigenvalue weighted by Crippen LogP contribution is -2.56. The summed E-state index contributed by atoms with van der Waals surface area (Å²) in [6.45, 7) is 4.50. The molecule has 1 aliphatic carbocycles. The molecule has 3 aliphatic rings. The summed E-state index contributed by atoms with van der Waals surface area (Å²) in [5, 5.41) is 0.802. The van der Waals surface area contributed by atoms with Gasteiger partial charge in [0.25, 0.3) is 5.91 Å². The second-order valence-corrected chi connectivity index (χ2v) is 9.14. The van der Waals surface area contributed by atoms with Crippen LogP contribution in [0.4, 0.5) is 0 Å². The number of piperidine rings is 1. The Labute approximate surface area is 176 Å². The number of fused-ring (bicyclic) bond motifs is 2. The second-order valence-electron chi connectivity index (χ2n) is 9.14. The Bertz CT molecular complexity index is 990. The first-order valence-electron chi connectivity index (χ1n) is 10.9. The number of ether oxygens (including phenoxy) is 1. The van der Waals surface area contributed by atoms with Crippen molar-refractivity contribution >= 4 is 22.7 Å². The fourth-order valence-electron chi connectivity index (χ4n) is 6.23. The van der Waals surface area contributed by atoms with Crippen LogP contribution >= 0.6 is 0 Å². The summed E-state index contributed by atoms with van der Waals surface area (Å²) in [5.41, 5.74) is 0.754. The van der Waals surface area contributed by atoms with Crippen molar-refractivity contribution in [2.45, 2.75) is 64.1 Å². The molecule has 2 amide bonds. The van der Waals surface area contributed by atoms with Crippen molar-refractivity contribution in [3.63, 3.8) is 0 Å². The van der Waals surface area contributed by atoms with Gasteiger partial charge >= 0.3 is 0 Å². The number of likely N-dealkylation sites (tertiary alicyclic amines) is 2. The highest BCUT2D eigenvalue weighted by molar-refractivity contribution is 5.84. The Morgan fingerprint density at radius 2 is 1.93 bits per heavy atom. The molecule has 1 aromatic carbocycles. The fraction of sp³-hybridized carbons (Fsp3) is 0.565. The van der Waals surface area contributed by atoms with Crippen LogP contribution in [0.2, 0.25) is 0 Å². The molecule has 0 spiro atoms. The number of para-hydroxylation sites is 1. The zero-order valence-electron chi connectivity index (χ0n) is 17.6. The number of aromatic nitrogens is 2. The van der Waals surface area contributed by atoms with Gasteiger partial charge in [-0.3, -0.25) is 9.59 Å². The van der Waals surface area contributed by atoms with E-state index in [2.05, 4.69) is 21.8 Å². The van der Waals surface area contributed by atoms with Gasteiger partial charge in [-0.1, -0.05) is 31.9 Å². The molecular formula is C23H28N4O3. The summed E-state index contributed by atoms with van der Waals surface area (Å²) in [5.74, 6) is 0.543. The van der Waals surface area contributed by atoms with Crippen LogP contribution in [-0.2, 0) is 9.59 Å². The van der Waals surface area contributed by atoms with Crippen molar-refractivity contribution in [3.8, 4) is 5.88 Å². The minimum Gasteiger partial charge on any atom is -0.467 e. The van der Waals surface area contributed by atoms with Crippen molar-refractivity contribution in [1.29, 1.82) is 0 Å². The standard InChI is InChI=1S/C23H28N4O3/c1-15(28)27-16-11-23(2)19(9-5-6-10-20(23)27)26(12-16)21(29)13-30-22-17-7-3-4-8-18(17)24-14-25-22/h3-4,7-8,14,16,19-20H,5-6,9-13H2,1-2H3/t16-,19+,20-,23+/m0/s1. The number of carbonyl (C=O) groups excluding carboxylic acids is 2. The summed E-state index contributed by atoms with van der Waals surface area (Å²) < 4.78 is 5.88. The van der Waals surface area contributed by atoms with E-state index in [9.17, 15) is 9.59 Å². The summed E-state index contributed by atoms with van der Waals surface area (Å²) in [6, 6.07) is 8.12. The maximum Gasteiger partial charge on any atom is 0.260 e. The van der Waals surface area contributed by atoms with Crippen molar-refractivity contribution in [2.75, 3.05) is 13.2 Å². The first-order chi connectivity index (χ1) is 14.5. The third kappa shape index (κ3) is 2.94. The number of hydrogen-bond acceptors (Lipinski definition) is 5. The lowest BCUT2D eigenvalue weighted by Gasteiger charge is -2.46. The summed E-state index contributed by atoms with van der Waals surface area (Å²) >= 11 is 0. The monoisotopic (exact) mass is 408 g/mol. The zero-order valence-corrected chi connectivity index (χ0v) is 17.6. The number of carbonyl (C=O) groups is 2. The van der Waals surface area contributed by atoms with Crippen LogP contribution in [0.15, 0.2) is 30.6 Å². The quantitative estimate of drug-likeness (QED) is 0.781. The van der Waals surface area contributed by atoms with E-state index in [0.717, 1.165) is 43.0 Å². The lowest BCUT2D eigenvalue weighted by atomic mass is 9.71. The van der Waals surface area contributed by atoms with Gasteiger partial charge in [0, 0.05) is 31.0 Å². The molecule has 2 bridgehead atoms. The molecule has 2 saturated heterocycles. The van der Waals surface area contributed by atoms with Crippen LogP contribution in [0.3, 0.4) is 0 Å². The van der Waals surface area contributed by atoms with Gasteiger partial charge in [-0.05, 0) is 31.4 Å². The van der Waals surface area contributed by atoms with Gasteiger partial charge in [-0.15, -0.1) is 0 Å². The van der Waals surface area contributed by atoms with Gasteiger partial charge in [-0.25, -0.2) is 9.97 Å². The average molecular weight is 409 g/mol. The molecular weight excluding hydrogens is 380 g/mol. The molecule has 7 heteroatoms. The Kier molecular flexibility index (Phi) is 4.64. The van der Waals surface area contributed by atoms with E-state index in [4.69, 9.17) is 4.74 Å². The van der Waals surface area contributed by atoms with Crippen molar-refractivity contribution in [2.24, 2.45) is 5.41 Å². The topological polar surface area (TPSA) is 75.6 Å². The first-order valence-corrected chi connectivity index (χ1v) is 10.9. The van der Waals surface area contributed by atoms with E-state index in [-0.39, 0.29) is 42.0 Å². The molecule has 0 radical (unpaired) electrons. The van der Waals surface area contributed by atoms with E-state index < -0.39 is 0 Å². The maximum absolute atomic E-state index is 13.3. The van der Waals surface area contributed by atoms with E-state index >= 15 is 0 Å². The molecule has 0 N–H and O–H groups in total. The fourth-order valence-corrected chi connectivity index (χ4v) is 6.23. The van der Waals surface area contributed by atoms with E-state index in [1.807, 2.05) is 29.2 Å². The largest absolute Gasteiger partial charge is 0.467 e. The van der Waals surface area contributed by atoms with E-state index in [0.29, 0.717) is 12.4 Å². The molecule has 4 atom stereocenters. The molecule has 30 heavy (non-hydrogen) atoms. The van der Waals surface area contributed by atoms with Gasteiger partial charge in [0.1, 0.15) is 6.33 Å². The molecule has 3 fully saturated rings. The van der Waals surface area contributed by atoms with Gasteiger partial charge < -0.3 is 14.5 Å². The summed E-state index contributed by atoms with van der Waals surface area (Å²) in [7, 11) is 0. The van der Waals surface area contributed by atoms with Gasteiger partial charge in [0.2, 0.25) is 11.8 Å². The first kappa shape index (κ1) is 19.3. The highest BCUT2D eigenvalue weighted by Crippen LogP contribution is 2.53. The average Bonchev–Trinajstić information content (AvgIpc) is 2.85. The van der Waals surface area contributed by atoms with E-state index in [1.165, 1.54) is 6.33 Å². The number of rotatable bonds is 3. The molecule has 1 saturated carbocycles. The lowest BCUT2D eigenvalue weighted by molar-refractivity contribution is -0.141. The maximum atomic E-state index is 13.3. The molecule has 5 rings (SSSR count). The minimum absolute atomic E-state index is 0.0235. The Morgan fingerprint density at radius 1 is 1.17 bits per heavy atom. The number of amides is 2. The predicted molar refractivity (Wildman–Crippen MR) is 112 cm³/mol. The van der Waals surface area contributed by atoms with Crippen LogP contribution in [0, 0.1) is 5.41 Å². The number of benzene rings is 1. The van der Waals surface area contributed by atoms with Crippen molar-refractivity contribution < 1.29 is 14.3 Å². The molecule has 7 nitrogen and oxygen atoms in total. The summed E-state index contributed by atoms with van der Waals surface area (Å²) in [6.07, 6.45) is 6.68. The SMILES string of the molecule is CC(=O)N1[C@@H]2CN(C(=O)COc3ncnc4ccccc34)[C@@H]3CCCC[C@H]1[C@]3(C)C2. The number of hydrogen-bond donors (Lipinski definition) is 0. The predicted octanol–water partition coefficient (Wildman–Crippen LogP) is 2.79. The van der Waals surface area contributed by atoms with Crippen LogP contribution in [0.5, 0.6) is 5.88 Å². The highest BCUT2D eigenvalue weighted by Gasteiger charge is 2.60. The second kappa shape index (κ2) is 7.22. The van der Waals surface area contributed by atoms with Crippen LogP contribution in [0.1, 0.15) is 46.0 Å². The normalized spacial score (nSPS) is 30.3. The molecule has 2 aromatic rings. The third-order valence-electron chi connectivity index (χ3n) is 7.44. The molecule has 2 aliphatic heterocycles. The van der Waals surface area contributed by atoms with Crippen LogP contribution in [-0.4, -0.2) is 62.9 Å². The Morgan fingerprint density at radius 3 is 2.73 bits per heavy atom. The minimum atomic E-state index is -0.0505. The zero-order chi connectivity index (χ0) is 20.9. The third-order valence-corrected chi connectivity index (χ3v) is 7.44. The smallest absolute Gasteiger partial charge is 0.260 e.